The lowest BCUT2D eigenvalue weighted by atomic mass is 10.1. The topological polar surface area (TPSA) is 93.1 Å². The first-order valence-electron chi connectivity index (χ1n) is 7.90. The van der Waals surface area contributed by atoms with E-state index >= 15 is 0 Å². The fraction of sp³-hybridized carbons (Fsp3) is 0.222. The highest BCUT2D eigenvalue weighted by Gasteiger charge is 2.28. The number of para-hydroxylation sites is 1. The number of carbonyl (C=O) groups is 2. The van der Waals surface area contributed by atoms with Crippen LogP contribution in [0.15, 0.2) is 30.3 Å². The molecular weight excluding hydrogens is 388 g/mol. The third kappa shape index (κ3) is 4.90. The van der Waals surface area contributed by atoms with Crippen molar-refractivity contribution in [3.8, 4) is 11.5 Å². The summed E-state index contributed by atoms with van der Waals surface area (Å²) in [6, 6.07) is 5.70. The smallest absolute Gasteiger partial charge is 0.344 e. The van der Waals surface area contributed by atoms with E-state index in [0.29, 0.717) is 0 Å². The molecule has 10 heteroatoms. The SMILES string of the molecule is O=C(O)c1cc(F)c(OC(CCCOc2ccccc2F)C(=O)O)c(F)c1F. The Hall–Kier alpha value is -3.30. The van der Waals surface area contributed by atoms with Gasteiger partial charge in [0.2, 0.25) is 5.82 Å². The third-order valence-corrected chi connectivity index (χ3v) is 3.59. The van der Waals surface area contributed by atoms with Crippen molar-refractivity contribution in [2.45, 2.75) is 18.9 Å². The molecule has 0 radical (unpaired) electrons. The van der Waals surface area contributed by atoms with Crippen molar-refractivity contribution < 1.29 is 46.8 Å². The highest BCUT2D eigenvalue weighted by atomic mass is 19.2. The molecule has 1 unspecified atom stereocenters. The van der Waals surface area contributed by atoms with Gasteiger partial charge in [0.1, 0.15) is 5.56 Å². The summed E-state index contributed by atoms with van der Waals surface area (Å²) >= 11 is 0. The molecule has 2 aromatic rings. The van der Waals surface area contributed by atoms with E-state index in [1.54, 1.807) is 0 Å². The summed E-state index contributed by atoms with van der Waals surface area (Å²) < 4.78 is 64.7. The first-order valence-corrected chi connectivity index (χ1v) is 7.90. The van der Waals surface area contributed by atoms with Gasteiger partial charge in [0, 0.05) is 0 Å². The fourth-order valence-electron chi connectivity index (χ4n) is 2.23. The zero-order valence-corrected chi connectivity index (χ0v) is 14.1. The summed E-state index contributed by atoms with van der Waals surface area (Å²) in [6.45, 7) is -0.120. The molecule has 0 saturated heterocycles. The van der Waals surface area contributed by atoms with Gasteiger partial charge in [-0.2, -0.15) is 4.39 Å². The Morgan fingerprint density at radius 3 is 2.29 bits per heavy atom. The van der Waals surface area contributed by atoms with Crippen LogP contribution >= 0.6 is 0 Å². The van der Waals surface area contributed by atoms with Crippen molar-refractivity contribution >= 4 is 11.9 Å². The van der Waals surface area contributed by atoms with E-state index in [1.807, 2.05) is 0 Å². The molecule has 0 amide bonds. The number of benzene rings is 2. The van der Waals surface area contributed by atoms with E-state index in [-0.39, 0.29) is 31.3 Å². The van der Waals surface area contributed by atoms with Gasteiger partial charge < -0.3 is 19.7 Å². The van der Waals surface area contributed by atoms with Crippen molar-refractivity contribution in [2.24, 2.45) is 0 Å². The van der Waals surface area contributed by atoms with Crippen molar-refractivity contribution in [1.29, 1.82) is 0 Å². The number of carboxylic acid groups (broad SMARTS) is 2. The molecule has 6 nitrogen and oxygen atoms in total. The molecule has 150 valence electrons. The Balaban J connectivity index is 2.05. The van der Waals surface area contributed by atoms with E-state index in [4.69, 9.17) is 19.7 Å². The lowest BCUT2D eigenvalue weighted by molar-refractivity contribution is -0.145. The van der Waals surface area contributed by atoms with Gasteiger partial charge in [0.05, 0.1) is 6.61 Å². The summed E-state index contributed by atoms with van der Waals surface area (Å²) in [5, 5.41) is 17.8. The predicted molar refractivity (Wildman–Crippen MR) is 86.5 cm³/mol. The molecule has 2 N–H and O–H groups in total. The predicted octanol–water partition coefficient (Wildman–Crippen LogP) is 3.63. The molecule has 0 bridgehead atoms. The average Bonchev–Trinajstić information content (AvgIpc) is 2.64. The molecule has 2 rings (SSSR count). The largest absolute Gasteiger partial charge is 0.491 e. The molecule has 0 spiro atoms. The zero-order valence-electron chi connectivity index (χ0n) is 14.1. The number of ether oxygens (including phenoxy) is 2. The van der Waals surface area contributed by atoms with Gasteiger partial charge in [-0.05, 0) is 31.0 Å². The fourth-order valence-corrected chi connectivity index (χ4v) is 2.23. The summed E-state index contributed by atoms with van der Waals surface area (Å²) in [6.07, 6.45) is -2.07. The van der Waals surface area contributed by atoms with Gasteiger partial charge in [-0.15, -0.1) is 0 Å². The highest BCUT2D eigenvalue weighted by Crippen LogP contribution is 2.28. The standard InChI is InChI=1S/C18H14F4O6/c19-10-4-1-2-5-12(10)27-7-3-6-13(18(25)26)28-16-11(20)8-9(17(23)24)14(21)15(16)22/h1-2,4-5,8,13H,3,6-7H2,(H,23,24)(H,25,26). The average molecular weight is 402 g/mol. The number of hydrogen-bond donors (Lipinski definition) is 2. The molecule has 0 fully saturated rings. The number of carboxylic acids is 2. The number of aliphatic carboxylic acids is 1. The normalized spacial score (nSPS) is 11.7. The van der Waals surface area contributed by atoms with Gasteiger partial charge in [-0.25, -0.2) is 22.8 Å². The molecule has 0 heterocycles. The van der Waals surface area contributed by atoms with Crippen LogP contribution in [-0.4, -0.2) is 34.9 Å². The molecule has 0 aliphatic heterocycles. The van der Waals surface area contributed by atoms with Gasteiger partial charge >= 0.3 is 11.9 Å². The van der Waals surface area contributed by atoms with Crippen LogP contribution in [0.4, 0.5) is 17.6 Å². The van der Waals surface area contributed by atoms with Crippen LogP contribution in [0.3, 0.4) is 0 Å². The van der Waals surface area contributed by atoms with Gasteiger partial charge in [-0.1, -0.05) is 12.1 Å². The second-order valence-corrected chi connectivity index (χ2v) is 5.53. The van der Waals surface area contributed by atoms with Crippen LogP contribution in [-0.2, 0) is 4.79 Å². The van der Waals surface area contributed by atoms with Crippen molar-refractivity contribution in [3.63, 3.8) is 0 Å². The van der Waals surface area contributed by atoms with E-state index in [9.17, 15) is 27.2 Å². The summed E-state index contributed by atoms with van der Waals surface area (Å²) in [5.41, 5.74) is -1.26. The quantitative estimate of drug-likeness (QED) is 0.378. The van der Waals surface area contributed by atoms with Crippen LogP contribution < -0.4 is 9.47 Å². The summed E-state index contributed by atoms with van der Waals surface area (Å²) in [7, 11) is 0. The van der Waals surface area contributed by atoms with Gasteiger partial charge in [0.15, 0.2) is 35.1 Å². The second-order valence-electron chi connectivity index (χ2n) is 5.53. The minimum Gasteiger partial charge on any atom is -0.491 e. The minimum absolute atomic E-state index is 0.00420. The summed E-state index contributed by atoms with van der Waals surface area (Å²) in [5.74, 6) is -10.9. The number of aromatic carboxylic acids is 1. The summed E-state index contributed by atoms with van der Waals surface area (Å²) in [4.78, 5) is 22.0. The van der Waals surface area contributed by atoms with Gasteiger partial charge in [0.25, 0.3) is 0 Å². The Kier molecular flexibility index (Phi) is 6.80. The Bertz CT molecular complexity index is 887. The Morgan fingerprint density at radius 2 is 1.68 bits per heavy atom. The maximum absolute atomic E-state index is 13.9. The molecule has 28 heavy (non-hydrogen) atoms. The maximum atomic E-state index is 13.9. The van der Waals surface area contributed by atoms with Crippen LogP contribution in [0.1, 0.15) is 23.2 Å². The van der Waals surface area contributed by atoms with Crippen molar-refractivity contribution in [1.82, 2.24) is 0 Å². The Morgan fingerprint density at radius 1 is 1.00 bits per heavy atom. The lowest BCUT2D eigenvalue weighted by Crippen LogP contribution is -2.28. The molecule has 2 aromatic carbocycles. The molecule has 1 atom stereocenters. The minimum atomic E-state index is -1.95. The second kappa shape index (κ2) is 9.07. The molecular formula is C18H14F4O6. The monoisotopic (exact) mass is 402 g/mol. The third-order valence-electron chi connectivity index (χ3n) is 3.59. The first-order chi connectivity index (χ1) is 13.2. The van der Waals surface area contributed by atoms with E-state index < -0.39 is 52.6 Å². The van der Waals surface area contributed by atoms with Crippen LogP contribution in [0.5, 0.6) is 11.5 Å². The molecule has 0 aliphatic rings. The highest BCUT2D eigenvalue weighted by molar-refractivity contribution is 5.88. The molecule has 0 aliphatic carbocycles. The first kappa shape index (κ1) is 21.0. The van der Waals surface area contributed by atoms with E-state index in [2.05, 4.69) is 0 Å². The van der Waals surface area contributed by atoms with Crippen LogP contribution in [0.2, 0.25) is 0 Å². The van der Waals surface area contributed by atoms with E-state index in [1.165, 1.54) is 24.3 Å². The van der Waals surface area contributed by atoms with Crippen molar-refractivity contribution in [2.75, 3.05) is 6.61 Å². The Labute approximate surface area is 155 Å². The molecule has 0 aromatic heterocycles. The van der Waals surface area contributed by atoms with Crippen LogP contribution in [0, 0.1) is 23.3 Å². The number of rotatable bonds is 9. The number of hydrogen-bond acceptors (Lipinski definition) is 4. The van der Waals surface area contributed by atoms with Crippen LogP contribution in [0.25, 0.3) is 0 Å². The number of halogens is 4. The van der Waals surface area contributed by atoms with E-state index in [0.717, 1.165) is 0 Å². The zero-order chi connectivity index (χ0) is 20.8. The van der Waals surface area contributed by atoms with Gasteiger partial charge in [-0.3, -0.25) is 0 Å². The lowest BCUT2D eigenvalue weighted by Gasteiger charge is -2.17. The maximum Gasteiger partial charge on any atom is 0.344 e. The molecule has 0 saturated carbocycles. The van der Waals surface area contributed by atoms with Crippen molar-refractivity contribution in [3.05, 3.63) is 59.2 Å².